The second kappa shape index (κ2) is 4.96. The van der Waals surface area contributed by atoms with Crippen molar-refractivity contribution in [1.82, 2.24) is 4.98 Å². The van der Waals surface area contributed by atoms with Crippen LogP contribution in [0.5, 0.6) is 0 Å². The fourth-order valence-electron chi connectivity index (χ4n) is 1.01. The molecule has 7 heteroatoms. The Morgan fingerprint density at radius 2 is 2.33 bits per heavy atom. The molecule has 0 radical (unpaired) electrons. The number of rotatable bonds is 5. The molecule has 1 amide bonds. The number of hydrogen-bond acceptors (Lipinski definition) is 6. The molecule has 6 nitrogen and oxygen atoms in total. The highest BCUT2D eigenvalue weighted by molar-refractivity contribution is 7.11. The largest absolute Gasteiger partial charge is 0.389 e. The number of nitrogens with two attached hydrogens (primary N) is 1. The van der Waals surface area contributed by atoms with Crippen LogP contribution in [0.25, 0.3) is 0 Å². The number of nitrogens with zero attached hydrogens (tertiary/aromatic N) is 1. The second-order valence-electron chi connectivity index (χ2n) is 2.91. The van der Waals surface area contributed by atoms with Gasteiger partial charge in [-0.05, 0) is 0 Å². The standard InChI is InChI=1S/C8H10N2O4S/c9-6(13)1-5(12)8(14)4-3-15-7(2-11)10-4/h2-3,5,8,12,14H,1H2,(H2,9,13). The normalized spacial score (nSPS) is 14.5. The smallest absolute Gasteiger partial charge is 0.220 e. The molecule has 82 valence electrons. The van der Waals surface area contributed by atoms with Crippen molar-refractivity contribution < 1.29 is 19.8 Å². The van der Waals surface area contributed by atoms with Gasteiger partial charge in [-0.2, -0.15) is 0 Å². The number of carbonyl (C=O) groups excluding carboxylic acids is 2. The van der Waals surface area contributed by atoms with E-state index in [1.165, 1.54) is 5.38 Å². The summed E-state index contributed by atoms with van der Waals surface area (Å²) in [6.07, 6.45) is -2.41. The Bertz CT molecular complexity index is 365. The molecular weight excluding hydrogens is 220 g/mol. The highest BCUT2D eigenvalue weighted by Crippen LogP contribution is 2.20. The van der Waals surface area contributed by atoms with Crippen LogP contribution >= 0.6 is 11.3 Å². The van der Waals surface area contributed by atoms with Gasteiger partial charge in [0, 0.05) is 5.38 Å². The number of amides is 1. The minimum atomic E-state index is -1.30. The summed E-state index contributed by atoms with van der Waals surface area (Å²) in [7, 11) is 0. The Hall–Kier alpha value is -1.31. The summed E-state index contributed by atoms with van der Waals surface area (Å²) in [6, 6.07) is 0. The van der Waals surface area contributed by atoms with E-state index in [9.17, 15) is 19.8 Å². The Kier molecular flexibility index (Phi) is 3.89. The first-order valence-corrected chi connectivity index (χ1v) is 4.97. The predicted molar refractivity (Wildman–Crippen MR) is 52.3 cm³/mol. The SMILES string of the molecule is NC(=O)CC(O)C(O)c1csc(C=O)n1. The van der Waals surface area contributed by atoms with Crippen LogP contribution < -0.4 is 5.73 Å². The van der Waals surface area contributed by atoms with Gasteiger partial charge in [0.05, 0.1) is 18.2 Å². The maximum atomic E-state index is 10.5. The third-order valence-electron chi connectivity index (χ3n) is 1.72. The van der Waals surface area contributed by atoms with E-state index in [0.717, 1.165) is 11.3 Å². The lowest BCUT2D eigenvalue weighted by molar-refractivity contribution is -0.121. The maximum Gasteiger partial charge on any atom is 0.220 e. The van der Waals surface area contributed by atoms with Crippen molar-refractivity contribution in [2.24, 2.45) is 5.73 Å². The molecule has 1 aromatic heterocycles. The highest BCUT2D eigenvalue weighted by Gasteiger charge is 2.22. The maximum absolute atomic E-state index is 10.5. The molecule has 0 spiro atoms. The lowest BCUT2D eigenvalue weighted by Crippen LogP contribution is -2.25. The van der Waals surface area contributed by atoms with E-state index in [-0.39, 0.29) is 17.1 Å². The third kappa shape index (κ3) is 3.08. The summed E-state index contributed by atoms with van der Waals surface area (Å²) >= 11 is 1.05. The number of aromatic nitrogens is 1. The number of primary amides is 1. The number of aldehydes is 1. The zero-order valence-corrected chi connectivity index (χ0v) is 8.48. The fraction of sp³-hybridized carbons (Fsp3) is 0.375. The van der Waals surface area contributed by atoms with E-state index in [1.54, 1.807) is 0 Å². The molecule has 0 bridgehead atoms. The Balaban J connectivity index is 2.70. The second-order valence-corrected chi connectivity index (χ2v) is 3.80. The molecule has 0 saturated carbocycles. The van der Waals surface area contributed by atoms with E-state index in [4.69, 9.17) is 5.73 Å². The average molecular weight is 230 g/mol. The third-order valence-corrected chi connectivity index (χ3v) is 2.51. The quantitative estimate of drug-likeness (QED) is 0.574. The van der Waals surface area contributed by atoms with Gasteiger partial charge in [0.1, 0.15) is 6.10 Å². The van der Waals surface area contributed by atoms with Gasteiger partial charge in [-0.25, -0.2) is 4.98 Å². The molecule has 2 atom stereocenters. The van der Waals surface area contributed by atoms with Crippen molar-refractivity contribution in [2.45, 2.75) is 18.6 Å². The molecule has 0 saturated heterocycles. The van der Waals surface area contributed by atoms with Gasteiger partial charge < -0.3 is 15.9 Å². The van der Waals surface area contributed by atoms with Crippen molar-refractivity contribution in [2.75, 3.05) is 0 Å². The molecule has 1 aromatic rings. The monoisotopic (exact) mass is 230 g/mol. The van der Waals surface area contributed by atoms with Gasteiger partial charge >= 0.3 is 0 Å². The van der Waals surface area contributed by atoms with Crippen LogP contribution in [-0.4, -0.2) is 33.5 Å². The van der Waals surface area contributed by atoms with Gasteiger partial charge in [0.15, 0.2) is 11.3 Å². The van der Waals surface area contributed by atoms with E-state index < -0.39 is 18.1 Å². The van der Waals surface area contributed by atoms with Crippen LogP contribution in [0.4, 0.5) is 0 Å². The van der Waals surface area contributed by atoms with Crippen LogP contribution in [-0.2, 0) is 4.79 Å². The topological polar surface area (TPSA) is 114 Å². The van der Waals surface area contributed by atoms with Gasteiger partial charge in [-0.1, -0.05) is 0 Å². The van der Waals surface area contributed by atoms with Crippen LogP contribution in [0.1, 0.15) is 28.0 Å². The molecule has 0 aliphatic heterocycles. The predicted octanol–water partition coefficient (Wildman–Crippen LogP) is -0.775. The number of aliphatic hydroxyl groups excluding tert-OH is 2. The van der Waals surface area contributed by atoms with E-state index >= 15 is 0 Å². The van der Waals surface area contributed by atoms with Crippen molar-refractivity contribution in [3.63, 3.8) is 0 Å². The Labute approximate surface area is 89.4 Å². The molecule has 15 heavy (non-hydrogen) atoms. The number of hydrogen-bond donors (Lipinski definition) is 3. The molecule has 0 aliphatic carbocycles. The van der Waals surface area contributed by atoms with E-state index in [1.807, 2.05) is 0 Å². The fourth-order valence-corrected chi connectivity index (χ4v) is 1.65. The van der Waals surface area contributed by atoms with Crippen molar-refractivity contribution in [1.29, 1.82) is 0 Å². The lowest BCUT2D eigenvalue weighted by Gasteiger charge is -2.13. The molecule has 0 fully saturated rings. The van der Waals surface area contributed by atoms with E-state index in [2.05, 4.69) is 4.98 Å². The van der Waals surface area contributed by atoms with Crippen LogP contribution in [0.2, 0.25) is 0 Å². The molecule has 4 N–H and O–H groups in total. The summed E-state index contributed by atoms with van der Waals surface area (Å²) in [5.41, 5.74) is 5.02. The van der Waals surface area contributed by atoms with Crippen molar-refractivity contribution in [3.8, 4) is 0 Å². The first kappa shape index (κ1) is 11.8. The van der Waals surface area contributed by atoms with Crippen LogP contribution in [0, 0.1) is 0 Å². The van der Waals surface area contributed by atoms with Gasteiger partial charge in [-0.15, -0.1) is 11.3 Å². The summed E-state index contributed by atoms with van der Waals surface area (Å²) in [4.78, 5) is 24.5. The molecule has 2 unspecified atom stereocenters. The van der Waals surface area contributed by atoms with Crippen molar-refractivity contribution in [3.05, 3.63) is 16.1 Å². The zero-order valence-electron chi connectivity index (χ0n) is 7.66. The van der Waals surface area contributed by atoms with Gasteiger partial charge in [-0.3, -0.25) is 9.59 Å². The average Bonchev–Trinajstić information content (AvgIpc) is 2.63. The summed E-state index contributed by atoms with van der Waals surface area (Å²) in [6.45, 7) is 0. The number of carbonyl (C=O) groups is 2. The lowest BCUT2D eigenvalue weighted by atomic mass is 10.1. The van der Waals surface area contributed by atoms with E-state index in [0.29, 0.717) is 6.29 Å². The molecule has 1 rings (SSSR count). The summed E-state index contributed by atoms with van der Waals surface area (Å²) in [5, 5.41) is 20.5. The molecular formula is C8H10N2O4S. The summed E-state index contributed by atoms with van der Waals surface area (Å²) in [5.74, 6) is -0.715. The minimum absolute atomic E-state index is 0.163. The minimum Gasteiger partial charge on any atom is -0.389 e. The molecule has 1 heterocycles. The number of thiazole rings is 1. The summed E-state index contributed by atoms with van der Waals surface area (Å²) < 4.78 is 0. The van der Waals surface area contributed by atoms with Gasteiger partial charge in [0.2, 0.25) is 5.91 Å². The highest BCUT2D eigenvalue weighted by atomic mass is 32.1. The first-order valence-electron chi connectivity index (χ1n) is 4.09. The van der Waals surface area contributed by atoms with Crippen molar-refractivity contribution >= 4 is 23.5 Å². The molecule has 0 aromatic carbocycles. The number of aliphatic hydroxyl groups is 2. The van der Waals surface area contributed by atoms with Crippen LogP contribution in [0.15, 0.2) is 5.38 Å². The Morgan fingerprint density at radius 1 is 1.67 bits per heavy atom. The van der Waals surface area contributed by atoms with Crippen LogP contribution in [0.3, 0.4) is 0 Å². The molecule has 0 aliphatic rings. The van der Waals surface area contributed by atoms with Gasteiger partial charge in [0.25, 0.3) is 0 Å². The Morgan fingerprint density at radius 3 is 2.80 bits per heavy atom. The zero-order chi connectivity index (χ0) is 11.4. The first-order chi connectivity index (χ1) is 7.04.